The minimum atomic E-state index is -0.536. The van der Waals surface area contributed by atoms with Crippen LogP contribution in [0.4, 0.5) is 4.39 Å². The zero-order valence-corrected chi connectivity index (χ0v) is 13.5. The number of fused-ring (bicyclic) bond motifs is 1. The Balaban J connectivity index is 2.24. The molecule has 0 bridgehead atoms. The largest absolute Gasteiger partial charge is 0.354 e. The van der Waals surface area contributed by atoms with Crippen LogP contribution in [0.15, 0.2) is 47.3 Å². The molecule has 3 aromatic rings. The number of amides is 1. The summed E-state index contributed by atoms with van der Waals surface area (Å²) in [7, 11) is 1.47. The fourth-order valence-corrected chi connectivity index (χ4v) is 2.68. The van der Waals surface area contributed by atoms with E-state index in [1.807, 2.05) is 0 Å². The number of nitrogens with one attached hydrogen (secondary N) is 1. The SMILES string of the molecule is CNC(=O)c1nn(Cc2c(F)cccc2Cl)c(=O)c2ccccc12. The number of halogens is 2. The van der Waals surface area contributed by atoms with Crippen molar-refractivity contribution in [2.24, 2.45) is 0 Å². The summed E-state index contributed by atoms with van der Waals surface area (Å²) in [5, 5.41) is 7.57. The van der Waals surface area contributed by atoms with Crippen molar-refractivity contribution in [3.63, 3.8) is 0 Å². The lowest BCUT2D eigenvalue weighted by atomic mass is 10.1. The van der Waals surface area contributed by atoms with Crippen LogP contribution in [0, 0.1) is 5.82 Å². The first-order chi connectivity index (χ1) is 11.5. The molecule has 0 aliphatic carbocycles. The number of rotatable bonds is 3. The first-order valence-electron chi connectivity index (χ1n) is 7.17. The molecule has 24 heavy (non-hydrogen) atoms. The molecule has 5 nitrogen and oxygen atoms in total. The summed E-state index contributed by atoms with van der Waals surface area (Å²) in [4.78, 5) is 24.7. The topological polar surface area (TPSA) is 64.0 Å². The standard InChI is InChI=1S/C17H13ClFN3O2/c1-20-16(23)15-10-5-2-3-6-11(10)17(24)22(21-15)9-12-13(18)7-4-8-14(12)19/h2-8H,9H2,1H3,(H,20,23). The molecule has 3 rings (SSSR count). The van der Waals surface area contributed by atoms with Gasteiger partial charge in [-0.15, -0.1) is 0 Å². The average Bonchev–Trinajstić information content (AvgIpc) is 2.59. The minimum absolute atomic E-state index is 0.0974. The van der Waals surface area contributed by atoms with Crippen molar-refractivity contribution in [1.82, 2.24) is 15.1 Å². The van der Waals surface area contributed by atoms with Gasteiger partial charge in [0.1, 0.15) is 5.82 Å². The van der Waals surface area contributed by atoms with Gasteiger partial charge in [-0.05, 0) is 18.2 Å². The van der Waals surface area contributed by atoms with Gasteiger partial charge in [-0.3, -0.25) is 9.59 Å². The molecule has 0 radical (unpaired) electrons. The van der Waals surface area contributed by atoms with Crippen LogP contribution in [0.25, 0.3) is 10.8 Å². The van der Waals surface area contributed by atoms with E-state index >= 15 is 0 Å². The molecule has 7 heteroatoms. The molecule has 0 fully saturated rings. The third-order valence-corrected chi connectivity index (χ3v) is 4.03. The molecule has 1 heterocycles. The van der Waals surface area contributed by atoms with Gasteiger partial charge in [0.05, 0.1) is 11.9 Å². The van der Waals surface area contributed by atoms with Gasteiger partial charge < -0.3 is 5.32 Å². The van der Waals surface area contributed by atoms with Crippen LogP contribution >= 0.6 is 11.6 Å². The summed E-state index contributed by atoms with van der Waals surface area (Å²) in [6.45, 7) is -0.167. The summed E-state index contributed by atoms with van der Waals surface area (Å²) < 4.78 is 15.1. The Hall–Kier alpha value is -2.73. The Morgan fingerprint density at radius 1 is 1.21 bits per heavy atom. The van der Waals surface area contributed by atoms with E-state index in [1.165, 1.54) is 25.2 Å². The fourth-order valence-electron chi connectivity index (χ4n) is 2.46. The van der Waals surface area contributed by atoms with Crippen LogP contribution in [0.5, 0.6) is 0 Å². The van der Waals surface area contributed by atoms with Crippen LogP contribution in [-0.2, 0) is 6.54 Å². The number of hydrogen-bond acceptors (Lipinski definition) is 3. The van der Waals surface area contributed by atoms with Crippen molar-refractivity contribution in [1.29, 1.82) is 0 Å². The molecule has 0 atom stereocenters. The lowest BCUT2D eigenvalue weighted by Gasteiger charge is -2.11. The van der Waals surface area contributed by atoms with Crippen molar-refractivity contribution in [3.8, 4) is 0 Å². The van der Waals surface area contributed by atoms with Crippen molar-refractivity contribution in [2.45, 2.75) is 6.54 Å². The van der Waals surface area contributed by atoms with Gasteiger partial charge in [0, 0.05) is 23.0 Å². The number of carbonyl (C=O) groups is 1. The van der Waals surface area contributed by atoms with Crippen molar-refractivity contribution < 1.29 is 9.18 Å². The van der Waals surface area contributed by atoms with Gasteiger partial charge in [-0.2, -0.15) is 5.10 Å². The summed E-state index contributed by atoms with van der Waals surface area (Å²) in [6, 6.07) is 10.9. The molecule has 0 aliphatic heterocycles. The van der Waals surface area contributed by atoms with Crippen LogP contribution in [0.2, 0.25) is 5.02 Å². The zero-order chi connectivity index (χ0) is 17.3. The van der Waals surface area contributed by atoms with E-state index in [9.17, 15) is 14.0 Å². The molecule has 2 aromatic carbocycles. The first kappa shape index (κ1) is 16.1. The average molecular weight is 346 g/mol. The normalized spacial score (nSPS) is 10.8. The summed E-state index contributed by atoms with van der Waals surface area (Å²) in [6.07, 6.45) is 0. The van der Waals surface area contributed by atoms with E-state index in [2.05, 4.69) is 10.4 Å². The van der Waals surface area contributed by atoms with Crippen LogP contribution in [0.1, 0.15) is 16.1 Å². The maximum Gasteiger partial charge on any atom is 0.274 e. The van der Waals surface area contributed by atoms with E-state index < -0.39 is 17.3 Å². The Morgan fingerprint density at radius 2 is 1.92 bits per heavy atom. The van der Waals surface area contributed by atoms with Crippen molar-refractivity contribution in [3.05, 3.63) is 74.9 Å². The summed E-state index contributed by atoms with van der Waals surface area (Å²) >= 11 is 6.02. The van der Waals surface area contributed by atoms with Gasteiger partial charge in [-0.25, -0.2) is 9.07 Å². The van der Waals surface area contributed by atoms with Crippen LogP contribution in [-0.4, -0.2) is 22.7 Å². The molecule has 0 spiro atoms. The molecule has 122 valence electrons. The predicted molar refractivity (Wildman–Crippen MR) is 89.9 cm³/mol. The van der Waals surface area contributed by atoms with Gasteiger partial charge in [0.15, 0.2) is 5.69 Å². The lowest BCUT2D eigenvalue weighted by Crippen LogP contribution is -2.29. The quantitative estimate of drug-likeness (QED) is 0.793. The molecule has 0 unspecified atom stereocenters. The maximum atomic E-state index is 14.0. The number of nitrogens with zero attached hydrogens (tertiary/aromatic N) is 2. The van der Waals surface area contributed by atoms with Gasteiger partial charge in [0.25, 0.3) is 11.5 Å². The minimum Gasteiger partial charge on any atom is -0.354 e. The highest BCUT2D eigenvalue weighted by Crippen LogP contribution is 2.20. The number of benzene rings is 2. The van der Waals surface area contributed by atoms with Crippen molar-refractivity contribution in [2.75, 3.05) is 7.05 Å². The molecular formula is C17H13ClFN3O2. The second-order valence-corrected chi connectivity index (χ2v) is 5.54. The number of carbonyl (C=O) groups excluding carboxylic acids is 1. The smallest absolute Gasteiger partial charge is 0.274 e. The molecule has 1 aromatic heterocycles. The summed E-state index contributed by atoms with van der Waals surface area (Å²) in [5.41, 5.74) is -0.176. The Morgan fingerprint density at radius 3 is 2.58 bits per heavy atom. The van der Waals surface area contributed by atoms with Crippen molar-refractivity contribution >= 4 is 28.3 Å². The molecule has 1 amide bonds. The molecule has 1 N–H and O–H groups in total. The third kappa shape index (κ3) is 2.76. The first-order valence-corrected chi connectivity index (χ1v) is 7.55. The van der Waals surface area contributed by atoms with E-state index in [1.54, 1.807) is 24.3 Å². The Kier molecular flexibility index (Phi) is 4.31. The van der Waals surface area contributed by atoms with Crippen LogP contribution < -0.4 is 10.9 Å². The van der Waals surface area contributed by atoms with Gasteiger partial charge >= 0.3 is 0 Å². The monoisotopic (exact) mass is 345 g/mol. The van der Waals surface area contributed by atoms with E-state index in [0.29, 0.717) is 10.8 Å². The molecular weight excluding hydrogens is 333 g/mol. The summed E-state index contributed by atoms with van der Waals surface area (Å²) in [5.74, 6) is -0.967. The number of hydrogen-bond donors (Lipinski definition) is 1. The highest BCUT2D eigenvalue weighted by Gasteiger charge is 2.17. The molecule has 0 saturated carbocycles. The highest BCUT2D eigenvalue weighted by atomic mass is 35.5. The van der Waals surface area contributed by atoms with Crippen LogP contribution in [0.3, 0.4) is 0 Å². The zero-order valence-electron chi connectivity index (χ0n) is 12.7. The second-order valence-electron chi connectivity index (χ2n) is 5.14. The third-order valence-electron chi connectivity index (χ3n) is 3.68. The van der Waals surface area contributed by atoms with E-state index in [-0.39, 0.29) is 22.8 Å². The molecule has 0 saturated heterocycles. The van der Waals surface area contributed by atoms with E-state index in [0.717, 1.165) is 4.68 Å². The predicted octanol–water partition coefficient (Wildman–Crippen LogP) is 2.60. The fraction of sp³-hybridized carbons (Fsp3) is 0.118. The number of aromatic nitrogens is 2. The maximum absolute atomic E-state index is 14.0. The Bertz CT molecular complexity index is 981. The second kappa shape index (κ2) is 6.41. The van der Waals surface area contributed by atoms with Gasteiger partial charge in [0.2, 0.25) is 0 Å². The van der Waals surface area contributed by atoms with Gasteiger partial charge in [-0.1, -0.05) is 35.9 Å². The molecule has 0 aliphatic rings. The van der Waals surface area contributed by atoms with E-state index in [4.69, 9.17) is 11.6 Å². The highest BCUT2D eigenvalue weighted by molar-refractivity contribution is 6.31. The lowest BCUT2D eigenvalue weighted by molar-refractivity contribution is 0.0957. The Labute approximate surface area is 141 Å².